The molecule has 0 bridgehead atoms. The first-order valence-corrected chi connectivity index (χ1v) is 8.46. The number of rotatable bonds is 7. The third kappa shape index (κ3) is 4.94. The summed E-state index contributed by atoms with van der Waals surface area (Å²) in [5.41, 5.74) is 0. The third-order valence-electron chi connectivity index (χ3n) is 4.94. The second-order valence-corrected chi connectivity index (χ2v) is 6.33. The monoisotopic (exact) mass is 297 g/mol. The highest BCUT2D eigenvalue weighted by Crippen LogP contribution is 2.18. The van der Waals surface area contributed by atoms with E-state index in [2.05, 4.69) is 22.0 Å². The zero-order chi connectivity index (χ0) is 15.1. The van der Waals surface area contributed by atoms with Gasteiger partial charge in [0, 0.05) is 45.8 Å². The van der Waals surface area contributed by atoms with Crippen molar-refractivity contribution in [1.82, 2.24) is 15.1 Å². The molecule has 1 amide bonds. The second-order valence-electron chi connectivity index (χ2n) is 6.33. The summed E-state index contributed by atoms with van der Waals surface area (Å²) in [4.78, 5) is 16.9. The van der Waals surface area contributed by atoms with Crippen LogP contribution in [0.3, 0.4) is 0 Å². The van der Waals surface area contributed by atoms with E-state index in [0.717, 1.165) is 65.1 Å². The molecule has 1 N–H and O–H groups in total. The van der Waals surface area contributed by atoms with E-state index in [1.165, 1.54) is 6.42 Å². The van der Waals surface area contributed by atoms with E-state index in [1.54, 1.807) is 7.11 Å². The number of carbonyl (C=O) groups excluding carboxylic acids is 1. The van der Waals surface area contributed by atoms with Crippen LogP contribution >= 0.6 is 0 Å². The highest BCUT2D eigenvalue weighted by molar-refractivity contribution is 5.76. The normalized spacial score (nSPS) is 27.2. The van der Waals surface area contributed by atoms with Gasteiger partial charge in [0.25, 0.3) is 0 Å². The molecule has 5 nitrogen and oxygen atoms in total. The number of hydrogen-bond donors (Lipinski definition) is 1. The minimum Gasteiger partial charge on any atom is -0.383 e. The summed E-state index contributed by atoms with van der Waals surface area (Å²) in [5, 5.41) is 3.37. The third-order valence-corrected chi connectivity index (χ3v) is 4.94. The molecule has 21 heavy (non-hydrogen) atoms. The van der Waals surface area contributed by atoms with E-state index in [0.29, 0.717) is 17.9 Å². The van der Waals surface area contributed by atoms with Gasteiger partial charge in [-0.3, -0.25) is 9.69 Å². The number of methoxy groups -OCH3 is 1. The first-order chi connectivity index (χ1) is 10.2. The van der Waals surface area contributed by atoms with Gasteiger partial charge in [0.05, 0.1) is 6.61 Å². The molecule has 2 aliphatic rings. The van der Waals surface area contributed by atoms with Gasteiger partial charge in [0.15, 0.2) is 0 Å². The van der Waals surface area contributed by atoms with E-state index in [-0.39, 0.29) is 0 Å². The molecule has 2 unspecified atom stereocenters. The van der Waals surface area contributed by atoms with Crippen LogP contribution in [0, 0.1) is 5.92 Å². The molecule has 2 aliphatic heterocycles. The molecule has 0 saturated carbocycles. The lowest BCUT2D eigenvalue weighted by molar-refractivity contribution is -0.134. The summed E-state index contributed by atoms with van der Waals surface area (Å²) in [6.07, 6.45) is 4.10. The Kier molecular flexibility index (Phi) is 6.93. The van der Waals surface area contributed by atoms with Crippen molar-refractivity contribution in [1.29, 1.82) is 0 Å². The fourth-order valence-corrected chi connectivity index (χ4v) is 3.46. The van der Waals surface area contributed by atoms with Crippen molar-refractivity contribution < 1.29 is 9.53 Å². The molecule has 0 spiro atoms. The zero-order valence-corrected chi connectivity index (χ0v) is 13.6. The van der Waals surface area contributed by atoms with Crippen molar-refractivity contribution in [2.24, 2.45) is 5.92 Å². The lowest BCUT2D eigenvalue weighted by Gasteiger charge is -2.41. The molecule has 122 valence electrons. The van der Waals surface area contributed by atoms with Gasteiger partial charge in [-0.25, -0.2) is 0 Å². The van der Waals surface area contributed by atoms with Crippen molar-refractivity contribution in [3.8, 4) is 0 Å². The maximum Gasteiger partial charge on any atom is 0.222 e. The lowest BCUT2D eigenvalue weighted by atomic mass is 10.0. The second kappa shape index (κ2) is 8.71. The van der Waals surface area contributed by atoms with Crippen molar-refractivity contribution in [2.75, 3.05) is 53.0 Å². The van der Waals surface area contributed by atoms with Crippen LogP contribution in [0.25, 0.3) is 0 Å². The van der Waals surface area contributed by atoms with Gasteiger partial charge < -0.3 is 15.0 Å². The molecule has 2 saturated heterocycles. The van der Waals surface area contributed by atoms with Crippen LogP contribution in [0.5, 0.6) is 0 Å². The van der Waals surface area contributed by atoms with Crippen LogP contribution in [0.4, 0.5) is 0 Å². The highest BCUT2D eigenvalue weighted by Gasteiger charge is 2.28. The zero-order valence-electron chi connectivity index (χ0n) is 13.6. The molecule has 5 heteroatoms. The summed E-state index contributed by atoms with van der Waals surface area (Å²) in [7, 11) is 1.75. The van der Waals surface area contributed by atoms with Gasteiger partial charge in [0.2, 0.25) is 5.91 Å². The standard InChI is InChI=1S/C16H31N3O2/c1-3-15-13-19(9-8-18(15)10-11-21-2)16(20)5-4-14-6-7-17-12-14/h14-15,17H,3-13H2,1-2H3. The van der Waals surface area contributed by atoms with E-state index >= 15 is 0 Å². The fourth-order valence-electron chi connectivity index (χ4n) is 3.46. The van der Waals surface area contributed by atoms with Crippen molar-refractivity contribution in [3.63, 3.8) is 0 Å². The Balaban J connectivity index is 1.74. The number of amides is 1. The Morgan fingerprint density at radius 2 is 2.24 bits per heavy atom. The highest BCUT2D eigenvalue weighted by atomic mass is 16.5. The van der Waals surface area contributed by atoms with Gasteiger partial charge in [0.1, 0.15) is 0 Å². The predicted molar refractivity (Wildman–Crippen MR) is 84.3 cm³/mol. The van der Waals surface area contributed by atoms with Crippen LogP contribution in [0.1, 0.15) is 32.6 Å². The average molecular weight is 297 g/mol. The van der Waals surface area contributed by atoms with Crippen LogP contribution in [-0.4, -0.2) is 74.7 Å². The van der Waals surface area contributed by atoms with Crippen molar-refractivity contribution in [3.05, 3.63) is 0 Å². The summed E-state index contributed by atoms with van der Waals surface area (Å²) in [6.45, 7) is 8.93. The summed E-state index contributed by atoms with van der Waals surface area (Å²) >= 11 is 0. The van der Waals surface area contributed by atoms with Crippen LogP contribution < -0.4 is 5.32 Å². The predicted octanol–water partition coefficient (Wildman–Crippen LogP) is 0.945. The molecule has 0 aromatic carbocycles. The van der Waals surface area contributed by atoms with Gasteiger partial charge in [-0.15, -0.1) is 0 Å². The van der Waals surface area contributed by atoms with Crippen molar-refractivity contribution in [2.45, 2.75) is 38.6 Å². The van der Waals surface area contributed by atoms with Crippen molar-refractivity contribution >= 4 is 5.91 Å². The Bertz CT molecular complexity index is 319. The Morgan fingerprint density at radius 1 is 1.38 bits per heavy atom. The first-order valence-electron chi connectivity index (χ1n) is 8.46. The minimum absolute atomic E-state index is 0.353. The first kappa shape index (κ1) is 16.7. The Hall–Kier alpha value is -0.650. The number of hydrogen-bond acceptors (Lipinski definition) is 4. The summed E-state index contributed by atoms with van der Waals surface area (Å²) in [6, 6.07) is 0.492. The smallest absolute Gasteiger partial charge is 0.222 e. The Labute approximate surface area is 129 Å². The molecule has 0 aromatic rings. The van der Waals surface area contributed by atoms with Gasteiger partial charge in [-0.2, -0.15) is 0 Å². The fraction of sp³-hybridized carbons (Fsp3) is 0.938. The summed E-state index contributed by atoms with van der Waals surface area (Å²) < 4.78 is 5.18. The van der Waals surface area contributed by atoms with E-state index in [9.17, 15) is 4.79 Å². The lowest BCUT2D eigenvalue weighted by Crippen LogP contribution is -2.55. The number of ether oxygens (including phenoxy) is 1. The molecular formula is C16H31N3O2. The number of nitrogens with one attached hydrogen (secondary N) is 1. The molecule has 2 rings (SSSR count). The number of piperazine rings is 1. The quantitative estimate of drug-likeness (QED) is 0.760. The SMILES string of the molecule is CCC1CN(C(=O)CCC2CCNC2)CCN1CCOC. The largest absolute Gasteiger partial charge is 0.383 e. The molecule has 0 radical (unpaired) electrons. The Morgan fingerprint density at radius 3 is 2.90 bits per heavy atom. The maximum atomic E-state index is 12.4. The molecule has 0 aliphatic carbocycles. The van der Waals surface area contributed by atoms with Gasteiger partial charge >= 0.3 is 0 Å². The summed E-state index contributed by atoms with van der Waals surface area (Å²) in [5.74, 6) is 1.06. The van der Waals surface area contributed by atoms with Gasteiger partial charge in [-0.1, -0.05) is 6.92 Å². The molecule has 2 fully saturated rings. The molecular weight excluding hydrogens is 266 g/mol. The van der Waals surface area contributed by atoms with Crippen LogP contribution in [-0.2, 0) is 9.53 Å². The molecule has 2 heterocycles. The molecule has 2 atom stereocenters. The van der Waals surface area contributed by atoms with E-state index in [4.69, 9.17) is 4.74 Å². The van der Waals surface area contributed by atoms with Crippen LogP contribution in [0.2, 0.25) is 0 Å². The van der Waals surface area contributed by atoms with Gasteiger partial charge in [-0.05, 0) is 38.3 Å². The topological polar surface area (TPSA) is 44.8 Å². The number of carbonyl (C=O) groups is 1. The number of nitrogens with zero attached hydrogens (tertiary/aromatic N) is 2. The minimum atomic E-state index is 0.353. The maximum absolute atomic E-state index is 12.4. The molecule has 0 aromatic heterocycles. The van der Waals surface area contributed by atoms with Crippen LogP contribution in [0.15, 0.2) is 0 Å². The average Bonchev–Trinajstić information content (AvgIpc) is 3.03. The van der Waals surface area contributed by atoms with E-state index in [1.807, 2.05) is 0 Å². The van der Waals surface area contributed by atoms with E-state index < -0.39 is 0 Å².